The molecular weight excluding hydrogens is 254 g/mol. The first-order valence-corrected chi connectivity index (χ1v) is 2.88. The molecule has 0 aromatic heterocycles. The Bertz CT molecular complexity index is 218. The van der Waals surface area contributed by atoms with E-state index in [1.165, 1.54) is 0 Å². The number of carboxylic acids is 1. The zero-order chi connectivity index (χ0) is 11.1. The van der Waals surface area contributed by atoms with Gasteiger partial charge in [-0.15, -0.1) is 0 Å². The van der Waals surface area contributed by atoms with Crippen LogP contribution in [0.25, 0.3) is 0 Å². The monoisotopic (exact) mass is 256 g/mol. The van der Waals surface area contributed by atoms with E-state index in [-0.39, 0.29) is 25.9 Å². The molecule has 0 radical (unpaired) electrons. The fourth-order valence-electron chi connectivity index (χ4n) is 0.403. The van der Waals surface area contributed by atoms with Gasteiger partial charge in [0.05, 0.1) is 0 Å². The molecule has 0 rings (SSSR count). The second-order valence-corrected chi connectivity index (χ2v) is 2.53. The summed E-state index contributed by atoms with van der Waals surface area (Å²) in [5, 5.41) is 7.73. The predicted octanol–water partition coefficient (Wildman–Crippen LogP) is 2.02. The van der Waals surface area contributed by atoms with E-state index >= 15 is 0 Å². The number of carboxylic acid groups (broad SMARTS) is 1. The second kappa shape index (κ2) is 4.31. The predicted molar refractivity (Wildman–Crippen MR) is 36.3 cm³/mol. The number of hydrogen-bond acceptors (Lipinski definition) is 1. The summed E-state index contributed by atoms with van der Waals surface area (Å²) in [5.74, 6) is -3.20. The van der Waals surface area contributed by atoms with Gasteiger partial charge in [-0.2, -0.15) is 26.3 Å². The molecule has 0 bridgehead atoms. The first-order valence-electron chi connectivity index (χ1n) is 2.50. The summed E-state index contributed by atoms with van der Waals surface area (Å²) in [6, 6.07) is 0. The summed E-state index contributed by atoms with van der Waals surface area (Å²) in [4.78, 5) is 4.51. The Labute approximate surface area is 97.3 Å². The summed E-state index contributed by atoms with van der Waals surface area (Å²) in [7, 11) is 0. The summed E-state index contributed by atoms with van der Waals surface area (Å²) in [5.41, 5.74) is 0. The molecule has 0 atom stereocenters. The number of aliphatic carboxylic acids is 1. The summed E-state index contributed by atoms with van der Waals surface area (Å²) in [6.07, 6.45) is -12.2. The molecule has 0 spiro atoms. The van der Waals surface area contributed by atoms with E-state index in [0.717, 1.165) is 0 Å². The molecule has 0 aromatic carbocycles. The minimum absolute atomic E-state index is 0. The van der Waals surface area contributed by atoms with Gasteiger partial charge in [0.1, 0.15) is 0 Å². The second-order valence-electron chi connectivity index (χ2n) is 1.96. The van der Waals surface area contributed by atoms with Crippen molar-refractivity contribution in [3.63, 3.8) is 0 Å². The van der Waals surface area contributed by atoms with Crippen molar-refractivity contribution in [3.05, 3.63) is 0 Å². The van der Waals surface area contributed by atoms with Crippen LogP contribution in [-0.4, -0.2) is 51.4 Å². The summed E-state index contributed by atoms with van der Waals surface area (Å²) >= 11 is 3.98. The van der Waals surface area contributed by atoms with Crippen molar-refractivity contribution in [2.75, 3.05) is 0 Å². The Hall–Kier alpha value is 0.106. The Morgan fingerprint density at radius 3 is 1.29 bits per heavy atom. The molecule has 0 unspecified atom stereocenters. The first-order chi connectivity index (χ1) is 5.44. The molecule has 0 aliphatic rings. The van der Waals surface area contributed by atoms with E-state index in [0.29, 0.717) is 0 Å². The van der Waals surface area contributed by atoms with Crippen LogP contribution in [0.2, 0.25) is 0 Å². The van der Waals surface area contributed by atoms with Gasteiger partial charge in [-0.25, -0.2) is 4.79 Å². The van der Waals surface area contributed by atoms with E-state index < -0.39 is 23.2 Å². The maximum atomic E-state index is 11.6. The molecule has 14 heavy (non-hydrogen) atoms. The fraction of sp³-hybridized carbons (Fsp3) is 0.750. The average Bonchev–Trinajstić information content (AvgIpc) is 1.80. The van der Waals surface area contributed by atoms with Crippen LogP contribution >= 0.6 is 11.6 Å². The first kappa shape index (κ1) is 16.5. The van der Waals surface area contributed by atoms with Crippen LogP contribution in [-0.2, 0) is 4.79 Å². The van der Waals surface area contributed by atoms with E-state index in [1.54, 1.807) is 0 Å². The quantitative estimate of drug-likeness (QED) is 0.443. The van der Waals surface area contributed by atoms with Gasteiger partial charge in [-0.3, -0.25) is 0 Å². The van der Waals surface area contributed by atoms with Gasteiger partial charge in [-0.05, 0) is 0 Å². The molecule has 1 N–H and O–H groups in total. The fourth-order valence-corrected chi connectivity index (χ4v) is 0.403. The summed E-state index contributed by atoms with van der Waals surface area (Å²) < 4.78 is 69.7. The van der Waals surface area contributed by atoms with Gasteiger partial charge < -0.3 is 7.96 Å². The number of rotatable bonds is 1. The third-order valence-corrected chi connectivity index (χ3v) is 1.67. The topological polar surface area (TPSA) is 37.3 Å². The molecule has 0 heterocycles. The number of carbonyl (C=O) groups is 1. The minimum Gasteiger partial charge on any atom is -1.00 e. The van der Waals surface area contributed by atoms with E-state index in [2.05, 4.69) is 11.6 Å². The van der Waals surface area contributed by atoms with Crippen LogP contribution in [0, 0.1) is 0 Å². The molecule has 0 aliphatic heterocycles. The standard InChI is InChI=1S/C4HClF6O2.Mg.2H/c5-2(1(12)13,3(6,7)8)4(9,10)11;;;/h(H,12,13);;;/q;+2;2*-1. The van der Waals surface area contributed by atoms with Crippen molar-refractivity contribution in [1.29, 1.82) is 0 Å². The molecule has 82 valence electrons. The zero-order valence-electron chi connectivity index (χ0n) is 8.21. The number of hydrogen-bond donors (Lipinski definition) is 1. The van der Waals surface area contributed by atoms with Gasteiger partial charge in [0, 0.05) is 0 Å². The van der Waals surface area contributed by atoms with Gasteiger partial charge in [-0.1, -0.05) is 11.6 Å². The van der Waals surface area contributed by atoms with Crippen molar-refractivity contribution in [2.45, 2.75) is 17.2 Å². The smallest absolute Gasteiger partial charge is 1.00 e. The van der Waals surface area contributed by atoms with Crippen molar-refractivity contribution in [1.82, 2.24) is 0 Å². The normalized spacial score (nSPS) is 13.4. The van der Waals surface area contributed by atoms with Crippen LogP contribution in [0.3, 0.4) is 0 Å². The van der Waals surface area contributed by atoms with Crippen LogP contribution in [0.5, 0.6) is 0 Å². The molecule has 2 nitrogen and oxygen atoms in total. The van der Waals surface area contributed by atoms with Crippen molar-refractivity contribution in [2.24, 2.45) is 0 Å². The van der Waals surface area contributed by atoms with Crippen molar-refractivity contribution < 1.29 is 39.1 Å². The number of alkyl halides is 7. The average molecular weight is 257 g/mol. The minimum atomic E-state index is -6.10. The Morgan fingerprint density at radius 1 is 1.07 bits per heavy atom. The van der Waals surface area contributed by atoms with Gasteiger partial charge >= 0.3 is 46.2 Å². The Kier molecular flexibility index (Phi) is 5.09. The zero-order valence-corrected chi connectivity index (χ0v) is 8.38. The molecule has 10 heteroatoms. The molecule has 0 aromatic rings. The molecule has 0 amide bonds. The Morgan fingerprint density at radius 2 is 1.29 bits per heavy atom. The number of halogens is 7. The largest absolute Gasteiger partial charge is 2.00 e. The van der Waals surface area contributed by atoms with E-state index in [9.17, 15) is 31.1 Å². The molecular formula is C4H3ClF6MgO2. The molecule has 0 saturated heterocycles. The molecule has 0 saturated carbocycles. The van der Waals surface area contributed by atoms with Crippen molar-refractivity contribution in [3.8, 4) is 0 Å². The van der Waals surface area contributed by atoms with Gasteiger partial charge in [0.2, 0.25) is 0 Å². The third-order valence-electron chi connectivity index (χ3n) is 1.08. The van der Waals surface area contributed by atoms with Crippen molar-refractivity contribution >= 4 is 40.6 Å². The maximum Gasteiger partial charge on any atom is 2.00 e. The van der Waals surface area contributed by atoms with Crippen LogP contribution in [0.1, 0.15) is 2.85 Å². The van der Waals surface area contributed by atoms with Gasteiger partial charge in [0.25, 0.3) is 0 Å². The van der Waals surface area contributed by atoms with Crippen LogP contribution < -0.4 is 0 Å². The third kappa shape index (κ3) is 2.57. The molecule has 0 aliphatic carbocycles. The Balaban J connectivity index is -0.000000240. The van der Waals surface area contributed by atoms with Gasteiger partial charge in [0.15, 0.2) is 0 Å². The maximum absolute atomic E-state index is 11.6. The SMILES string of the molecule is O=C(O)C(Cl)(C(F)(F)F)C(F)(F)F.[H-].[H-].[Mg+2]. The van der Waals surface area contributed by atoms with E-state index in [4.69, 9.17) is 5.11 Å². The molecule has 0 fully saturated rings. The van der Waals surface area contributed by atoms with E-state index in [1.807, 2.05) is 0 Å². The summed E-state index contributed by atoms with van der Waals surface area (Å²) in [6.45, 7) is 0. The van der Waals surface area contributed by atoms with Crippen LogP contribution in [0.15, 0.2) is 0 Å². The van der Waals surface area contributed by atoms with Crippen LogP contribution in [0.4, 0.5) is 26.3 Å².